The maximum atomic E-state index is 3.68. The molecular weight excluding hydrogens is 210 g/mol. The summed E-state index contributed by atoms with van der Waals surface area (Å²) < 4.78 is 0. The molecule has 0 spiro atoms. The monoisotopic (exact) mass is 241 g/mol. The summed E-state index contributed by atoms with van der Waals surface area (Å²) in [7, 11) is 4.40. The Bertz CT molecular complexity index is 204. The Kier molecular flexibility index (Phi) is 6.45. The molecular formula is C14H31N3. The van der Waals surface area contributed by atoms with Crippen molar-refractivity contribution in [2.45, 2.75) is 45.7 Å². The van der Waals surface area contributed by atoms with E-state index < -0.39 is 0 Å². The van der Waals surface area contributed by atoms with E-state index in [1.54, 1.807) is 0 Å². The number of hydrogen-bond acceptors (Lipinski definition) is 3. The van der Waals surface area contributed by atoms with E-state index in [1.807, 2.05) is 0 Å². The molecule has 1 aliphatic heterocycles. The topological polar surface area (TPSA) is 18.5 Å². The highest BCUT2D eigenvalue weighted by Gasteiger charge is 2.26. The highest BCUT2D eigenvalue weighted by atomic mass is 15.2. The smallest absolute Gasteiger partial charge is 0.0229 e. The van der Waals surface area contributed by atoms with Crippen LogP contribution in [0.5, 0.6) is 0 Å². The third-order valence-corrected chi connectivity index (χ3v) is 3.89. The fourth-order valence-corrected chi connectivity index (χ4v) is 2.52. The quantitative estimate of drug-likeness (QED) is 0.731. The van der Waals surface area contributed by atoms with Crippen molar-refractivity contribution in [2.75, 3.05) is 40.3 Å². The van der Waals surface area contributed by atoms with Gasteiger partial charge in [-0.3, -0.25) is 0 Å². The van der Waals surface area contributed by atoms with Gasteiger partial charge in [-0.1, -0.05) is 20.8 Å². The molecule has 0 amide bonds. The lowest BCUT2D eigenvalue weighted by atomic mass is 10.0. The van der Waals surface area contributed by atoms with Crippen LogP contribution >= 0.6 is 0 Å². The highest BCUT2D eigenvalue weighted by molar-refractivity contribution is 4.84. The predicted octanol–water partition coefficient (Wildman–Crippen LogP) is 1.65. The molecule has 0 aromatic rings. The fourth-order valence-electron chi connectivity index (χ4n) is 2.52. The van der Waals surface area contributed by atoms with E-state index in [2.05, 4.69) is 50.0 Å². The molecule has 1 heterocycles. The van der Waals surface area contributed by atoms with Gasteiger partial charge in [0.15, 0.2) is 0 Å². The van der Waals surface area contributed by atoms with Crippen molar-refractivity contribution in [3.05, 3.63) is 0 Å². The molecule has 0 radical (unpaired) electrons. The number of likely N-dealkylation sites (N-methyl/N-ethyl adjacent to an activating group) is 1. The van der Waals surface area contributed by atoms with Crippen molar-refractivity contribution >= 4 is 0 Å². The summed E-state index contributed by atoms with van der Waals surface area (Å²) >= 11 is 0. The van der Waals surface area contributed by atoms with E-state index >= 15 is 0 Å². The molecule has 1 N–H and O–H groups in total. The second kappa shape index (κ2) is 7.34. The number of rotatable bonds is 7. The van der Waals surface area contributed by atoms with Crippen molar-refractivity contribution in [3.63, 3.8) is 0 Å². The second-order valence-electron chi connectivity index (χ2n) is 5.97. The first-order valence-corrected chi connectivity index (χ1v) is 7.16. The summed E-state index contributed by atoms with van der Waals surface area (Å²) in [4.78, 5) is 4.99. The number of nitrogens with zero attached hydrogens (tertiary/aromatic N) is 2. The normalized spacial score (nSPS) is 23.8. The van der Waals surface area contributed by atoms with Crippen LogP contribution in [0.25, 0.3) is 0 Å². The van der Waals surface area contributed by atoms with Crippen LogP contribution < -0.4 is 5.32 Å². The lowest BCUT2D eigenvalue weighted by Gasteiger charge is -2.28. The fraction of sp³-hybridized carbons (Fsp3) is 1.00. The SMILES string of the molecule is CCCNC(CN1CCC(N(C)C)C1)C(C)C. The van der Waals surface area contributed by atoms with Gasteiger partial charge in [0.25, 0.3) is 0 Å². The van der Waals surface area contributed by atoms with Gasteiger partial charge in [-0.05, 0) is 45.9 Å². The van der Waals surface area contributed by atoms with Crippen LogP contribution in [0.15, 0.2) is 0 Å². The zero-order valence-electron chi connectivity index (χ0n) is 12.4. The molecule has 0 aromatic carbocycles. The molecule has 17 heavy (non-hydrogen) atoms. The maximum absolute atomic E-state index is 3.68. The van der Waals surface area contributed by atoms with Gasteiger partial charge in [-0.2, -0.15) is 0 Å². The van der Waals surface area contributed by atoms with Crippen LogP contribution in [0.1, 0.15) is 33.6 Å². The molecule has 0 saturated carbocycles. The zero-order chi connectivity index (χ0) is 12.8. The Morgan fingerprint density at radius 1 is 1.35 bits per heavy atom. The van der Waals surface area contributed by atoms with Crippen molar-refractivity contribution < 1.29 is 0 Å². The zero-order valence-corrected chi connectivity index (χ0v) is 12.4. The van der Waals surface area contributed by atoms with Crippen LogP contribution in [-0.2, 0) is 0 Å². The molecule has 1 fully saturated rings. The Hall–Kier alpha value is -0.120. The summed E-state index contributed by atoms with van der Waals surface area (Å²) in [6.07, 6.45) is 2.55. The van der Waals surface area contributed by atoms with Crippen LogP contribution in [0.2, 0.25) is 0 Å². The summed E-state index contributed by atoms with van der Waals surface area (Å²) in [5, 5.41) is 3.68. The van der Waals surface area contributed by atoms with Crippen LogP contribution in [0.4, 0.5) is 0 Å². The number of likely N-dealkylation sites (tertiary alicyclic amines) is 1. The average Bonchev–Trinajstić information content (AvgIpc) is 2.72. The lowest BCUT2D eigenvalue weighted by molar-refractivity contribution is 0.230. The largest absolute Gasteiger partial charge is 0.312 e. The van der Waals surface area contributed by atoms with E-state index in [0.717, 1.165) is 18.5 Å². The minimum absolute atomic E-state index is 0.649. The molecule has 1 rings (SSSR count). The first kappa shape index (κ1) is 14.9. The molecule has 102 valence electrons. The van der Waals surface area contributed by atoms with E-state index in [0.29, 0.717) is 6.04 Å². The van der Waals surface area contributed by atoms with Gasteiger partial charge >= 0.3 is 0 Å². The van der Waals surface area contributed by atoms with E-state index in [1.165, 1.54) is 32.5 Å². The first-order valence-electron chi connectivity index (χ1n) is 7.16. The van der Waals surface area contributed by atoms with Gasteiger partial charge in [0.05, 0.1) is 0 Å². The van der Waals surface area contributed by atoms with Crippen molar-refractivity contribution in [1.82, 2.24) is 15.1 Å². The Labute approximate surface area is 108 Å². The third kappa shape index (κ3) is 4.94. The maximum Gasteiger partial charge on any atom is 0.0229 e. The summed E-state index contributed by atoms with van der Waals surface area (Å²) in [5.74, 6) is 0.722. The van der Waals surface area contributed by atoms with Crippen molar-refractivity contribution in [3.8, 4) is 0 Å². The molecule has 2 atom stereocenters. The van der Waals surface area contributed by atoms with Gasteiger partial charge in [0.1, 0.15) is 0 Å². The van der Waals surface area contributed by atoms with Gasteiger partial charge in [0.2, 0.25) is 0 Å². The van der Waals surface area contributed by atoms with Crippen LogP contribution in [0.3, 0.4) is 0 Å². The van der Waals surface area contributed by atoms with Gasteiger partial charge in [0, 0.05) is 25.2 Å². The van der Waals surface area contributed by atoms with E-state index in [4.69, 9.17) is 0 Å². The molecule has 3 nitrogen and oxygen atoms in total. The van der Waals surface area contributed by atoms with Gasteiger partial charge < -0.3 is 15.1 Å². The standard InChI is InChI=1S/C14H31N3/c1-6-8-15-14(12(2)3)11-17-9-7-13(10-17)16(4)5/h12-15H,6-11H2,1-5H3. The van der Waals surface area contributed by atoms with Gasteiger partial charge in [-0.25, -0.2) is 0 Å². The van der Waals surface area contributed by atoms with Crippen molar-refractivity contribution in [2.24, 2.45) is 5.92 Å². The predicted molar refractivity (Wildman–Crippen MR) is 75.5 cm³/mol. The summed E-state index contributed by atoms with van der Waals surface area (Å²) in [5.41, 5.74) is 0. The minimum Gasteiger partial charge on any atom is -0.312 e. The van der Waals surface area contributed by atoms with Crippen LogP contribution in [0, 0.1) is 5.92 Å². The molecule has 0 aromatic heterocycles. The average molecular weight is 241 g/mol. The third-order valence-electron chi connectivity index (χ3n) is 3.89. The summed E-state index contributed by atoms with van der Waals surface area (Å²) in [6.45, 7) is 11.8. The lowest BCUT2D eigenvalue weighted by Crippen LogP contribution is -2.44. The Morgan fingerprint density at radius 2 is 2.06 bits per heavy atom. The first-order chi connectivity index (χ1) is 8.04. The number of hydrogen-bond donors (Lipinski definition) is 1. The molecule has 1 aliphatic rings. The van der Waals surface area contributed by atoms with Crippen LogP contribution in [-0.4, -0.2) is 62.2 Å². The molecule has 3 heteroatoms. The van der Waals surface area contributed by atoms with Gasteiger partial charge in [-0.15, -0.1) is 0 Å². The van der Waals surface area contributed by atoms with Crippen molar-refractivity contribution in [1.29, 1.82) is 0 Å². The summed E-state index contributed by atoms with van der Waals surface area (Å²) in [6, 6.07) is 1.41. The molecule has 2 unspecified atom stereocenters. The molecule has 0 aliphatic carbocycles. The second-order valence-corrected chi connectivity index (χ2v) is 5.97. The minimum atomic E-state index is 0.649. The molecule has 1 saturated heterocycles. The molecule has 0 bridgehead atoms. The number of nitrogens with one attached hydrogen (secondary N) is 1. The highest BCUT2D eigenvalue weighted by Crippen LogP contribution is 2.15. The van der Waals surface area contributed by atoms with E-state index in [9.17, 15) is 0 Å². The van der Waals surface area contributed by atoms with E-state index in [-0.39, 0.29) is 0 Å². The Morgan fingerprint density at radius 3 is 2.53 bits per heavy atom. The Balaban J connectivity index is 2.35.